The first kappa shape index (κ1) is 12.0. The van der Waals surface area contributed by atoms with Crippen molar-refractivity contribution in [1.29, 1.82) is 0 Å². The molecule has 1 aliphatic rings. The molecule has 1 saturated carbocycles. The molecule has 0 aliphatic heterocycles. The molecule has 0 radical (unpaired) electrons. The van der Waals surface area contributed by atoms with Gasteiger partial charge in [-0.2, -0.15) is 0 Å². The van der Waals surface area contributed by atoms with Gasteiger partial charge in [-0.1, -0.05) is 24.5 Å². The van der Waals surface area contributed by atoms with Gasteiger partial charge in [-0.15, -0.1) is 5.10 Å². The van der Waals surface area contributed by atoms with E-state index in [-0.39, 0.29) is 5.91 Å². The maximum Gasteiger partial charge on any atom is 0.299 e. The summed E-state index contributed by atoms with van der Waals surface area (Å²) in [5.41, 5.74) is 0.322. The van der Waals surface area contributed by atoms with Crippen molar-refractivity contribution >= 4 is 5.91 Å². The molecule has 0 spiro atoms. The van der Waals surface area contributed by atoms with Crippen LogP contribution in [0.5, 0.6) is 0 Å². The van der Waals surface area contributed by atoms with Gasteiger partial charge in [-0.05, 0) is 12.3 Å². The summed E-state index contributed by atoms with van der Waals surface area (Å²) in [6.45, 7) is 0.835. The number of aromatic nitrogens is 3. The van der Waals surface area contributed by atoms with Crippen molar-refractivity contribution in [2.24, 2.45) is 5.92 Å². The molecular formula is C11H18N4O2. The molecule has 1 aliphatic carbocycles. The lowest BCUT2D eigenvalue weighted by Crippen LogP contribution is -2.25. The standard InChI is InChI=1S/C11H18N4O2/c1-14(17-2)11(16)10-8-15(13-12-10)7-6-9-4-3-5-9/h8-9H,3-7H2,1-2H3. The van der Waals surface area contributed by atoms with E-state index >= 15 is 0 Å². The van der Waals surface area contributed by atoms with E-state index in [0.717, 1.165) is 23.9 Å². The Morgan fingerprint density at radius 3 is 3.00 bits per heavy atom. The van der Waals surface area contributed by atoms with Crippen LogP contribution in [0.15, 0.2) is 6.20 Å². The fourth-order valence-electron chi connectivity index (χ4n) is 1.85. The van der Waals surface area contributed by atoms with Crippen molar-refractivity contribution in [3.8, 4) is 0 Å². The predicted octanol–water partition coefficient (Wildman–Crippen LogP) is 1.10. The number of rotatable bonds is 5. The second kappa shape index (κ2) is 5.27. The van der Waals surface area contributed by atoms with Crippen LogP contribution < -0.4 is 0 Å². The molecule has 17 heavy (non-hydrogen) atoms. The number of nitrogens with zero attached hydrogens (tertiary/aromatic N) is 4. The fourth-order valence-corrected chi connectivity index (χ4v) is 1.85. The molecule has 1 aromatic heterocycles. The van der Waals surface area contributed by atoms with Gasteiger partial charge in [-0.25, -0.2) is 5.06 Å². The van der Waals surface area contributed by atoms with E-state index in [0.29, 0.717) is 5.69 Å². The summed E-state index contributed by atoms with van der Waals surface area (Å²) in [7, 11) is 2.99. The Balaban J connectivity index is 1.88. The van der Waals surface area contributed by atoms with Crippen LogP contribution in [0, 0.1) is 5.92 Å². The van der Waals surface area contributed by atoms with Crippen LogP contribution in [0.3, 0.4) is 0 Å². The predicted molar refractivity (Wildman–Crippen MR) is 61.1 cm³/mol. The third kappa shape index (κ3) is 2.82. The minimum absolute atomic E-state index is 0.276. The topological polar surface area (TPSA) is 60.2 Å². The summed E-state index contributed by atoms with van der Waals surface area (Å²) in [5.74, 6) is 0.558. The largest absolute Gasteiger partial charge is 0.299 e. The first-order chi connectivity index (χ1) is 8.20. The average Bonchev–Trinajstić information content (AvgIpc) is 2.73. The van der Waals surface area contributed by atoms with Crippen LogP contribution in [-0.2, 0) is 11.4 Å². The summed E-state index contributed by atoms with van der Waals surface area (Å²) >= 11 is 0. The van der Waals surface area contributed by atoms with E-state index in [1.165, 1.54) is 26.4 Å². The molecule has 6 heteroatoms. The molecule has 6 nitrogen and oxygen atoms in total. The molecule has 1 fully saturated rings. The highest BCUT2D eigenvalue weighted by atomic mass is 16.7. The lowest BCUT2D eigenvalue weighted by atomic mass is 9.83. The Labute approximate surface area is 100 Å². The SMILES string of the molecule is CON(C)C(=O)c1cn(CCC2CCC2)nn1. The highest BCUT2D eigenvalue weighted by Gasteiger charge is 2.18. The first-order valence-corrected chi connectivity index (χ1v) is 5.93. The van der Waals surface area contributed by atoms with Gasteiger partial charge in [0.2, 0.25) is 0 Å². The highest BCUT2D eigenvalue weighted by molar-refractivity contribution is 5.90. The van der Waals surface area contributed by atoms with Gasteiger partial charge in [0.15, 0.2) is 5.69 Å². The van der Waals surface area contributed by atoms with E-state index < -0.39 is 0 Å². The molecule has 0 aromatic carbocycles. The molecule has 0 atom stereocenters. The average molecular weight is 238 g/mol. The Hall–Kier alpha value is -1.43. The van der Waals surface area contributed by atoms with Crippen LogP contribution in [0.2, 0.25) is 0 Å². The van der Waals surface area contributed by atoms with E-state index in [4.69, 9.17) is 4.84 Å². The Morgan fingerprint density at radius 2 is 2.41 bits per heavy atom. The zero-order valence-electron chi connectivity index (χ0n) is 10.3. The molecule has 1 heterocycles. The zero-order valence-corrected chi connectivity index (χ0v) is 10.3. The Morgan fingerprint density at radius 1 is 1.65 bits per heavy atom. The third-order valence-electron chi connectivity index (χ3n) is 3.31. The van der Waals surface area contributed by atoms with Crippen molar-refractivity contribution in [2.45, 2.75) is 32.2 Å². The molecule has 1 amide bonds. The van der Waals surface area contributed by atoms with Crippen LogP contribution >= 0.6 is 0 Å². The molecule has 0 N–H and O–H groups in total. The zero-order chi connectivity index (χ0) is 12.3. The van der Waals surface area contributed by atoms with Gasteiger partial charge in [0.25, 0.3) is 5.91 Å². The van der Waals surface area contributed by atoms with Crippen molar-refractivity contribution in [1.82, 2.24) is 20.1 Å². The van der Waals surface area contributed by atoms with Crippen molar-refractivity contribution < 1.29 is 9.63 Å². The van der Waals surface area contributed by atoms with E-state index in [1.807, 2.05) is 0 Å². The number of carbonyl (C=O) groups excluding carboxylic acids is 1. The van der Waals surface area contributed by atoms with Crippen LogP contribution in [0.4, 0.5) is 0 Å². The highest BCUT2D eigenvalue weighted by Crippen LogP contribution is 2.29. The molecule has 0 bridgehead atoms. The first-order valence-electron chi connectivity index (χ1n) is 5.93. The molecule has 94 valence electrons. The quantitative estimate of drug-likeness (QED) is 0.721. The Kier molecular flexibility index (Phi) is 3.73. The smallest absolute Gasteiger partial charge is 0.274 e. The summed E-state index contributed by atoms with van der Waals surface area (Å²) < 4.78 is 1.73. The van der Waals surface area contributed by atoms with Gasteiger partial charge in [0.1, 0.15) is 0 Å². The third-order valence-corrected chi connectivity index (χ3v) is 3.31. The van der Waals surface area contributed by atoms with Gasteiger partial charge in [0, 0.05) is 13.6 Å². The number of hydroxylamine groups is 2. The summed E-state index contributed by atoms with van der Waals surface area (Å²) in [4.78, 5) is 16.5. The number of carbonyl (C=O) groups is 1. The van der Waals surface area contributed by atoms with Gasteiger partial charge in [0.05, 0.1) is 13.3 Å². The van der Waals surface area contributed by atoms with E-state index in [9.17, 15) is 4.79 Å². The number of hydrogen-bond acceptors (Lipinski definition) is 4. The van der Waals surface area contributed by atoms with Crippen molar-refractivity contribution in [3.63, 3.8) is 0 Å². The number of hydrogen-bond donors (Lipinski definition) is 0. The van der Waals surface area contributed by atoms with Crippen LogP contribution in [0.1, 0.15) is 36.2 Å². The minimum atomic E-state index is -0.276. The molecule has 0 unspecified atom stereocenters. The van der Waals surface area contributed by atoms with Gasteiger partial charge >= 0.3 is 0 Å². The molecule has 0 saturated heterocycles. The van der Waals surface area contributed by atoms with Crippen LogP contribution in [0.25, 0.3) is 0 Å². The van der Waals surface area contributed by atoms with E-state index in [1.54, 1.807) is 17.9 Å². The van der Waals surface area contributed by atoms with Crippen molar-refractivity contribution in [2.75, 3.05) is 14.2 Å². The second-order valence-corrected chi connectivity index (χ2v) is 4.44. The molecule has 1 aromatic rings. The van der Waals surface area contributed by atoms with Gasteiger partial charge in [-0.3, -0.25) is 14.3 Å². The fraction of sp³-hybridized carbons (Fsp3) is 0.727. The number of amides is 1. The monoisotopic (exact) mass is 238 g/mol. The second-order valence-electron chi connectivity index (χ2n) is 4.44. The van der Waals surface area contributed by atoms with Crippen molar-refractivity contribution in [3.05, 3.63) is 11.9 Å². The number of aryl methyl sites for hydroxylation is 1. The molecule has 2 rings (SSSR count). The van der Waals surface area contributed by atoms with E-state index in [2.05, 4.69) is 10.3 Å². The maximum atomic E-state index is 11.7. The normalized spacial score (nSPS) is 15.6. The Bertz CT molecular complexity index is 387. The maximum absolute atomic E-state index is 11.7. The summed E-state index contributed by atoms with van der Waals surface area (Å²) in [5, 5.41) is 8.94. The lowest BCUT2D eigenvalue weighted by molar-refractivity contribution is -0.0760. The molecular weight excluding hydrogens is 220 g/mol. The minimum Gasteiger partial charge on any atom is -0.274 e. The van der Waals surface area contributed by atoms with Crippen LogP contribution in [-0.4, -0.2) is 40.1 Å². The lowest BCUT2D eigenvalue weighted by Gasteiger charge is -2.24. The summed E-state index contributed by atoms with van der Waals surface area (Å²) in [6.07, 6.45) is 6.80. The van der Waals surface area contributed by atoms with Gasteiger partial charge < -0.3 is 0 Å². The summed E-state index contributed by atoms with van der Waals surface area (Å²) in [6, 6.07) is 0.